The van der Waals surface area contributed by atoms with Gasteiger partial charge in [0, 0.05) is 12.6 Å². The highest BCUT2D eigenvalue weighted by Crippen LogP contribution is 2.18. The van der Waals surface area contributed by atoms with Crippen LogP contribution < -0.4 is 16.0 Å². The summed E-state index contributed by atoms with van der Waals surface area (Å²) >= 11 is 0. The first kappa shape index (κ1) is 14.4. The first-order valence-corrected chi connectivity index (χ1v) is 7.09. The Morgan fingerprint density at radius 2 is 1.85 bits per heavy atom. The molecule has 3 amide bonds. The van der Waals surface area contributed by atoms with Crippen LogP contribution in [0.4, 0.5) is 4.79 Å². The van der Waals surface area contributed by atoms with Gasteiger partial charge in [0.2, 0.25) is 5.91 Å². The molecule has 5 nitrogen and oxygen atoms in total. The third kappa shape index (κ3) is 5.73. The highest BCUT2D eigenvalue weighted by molar-refractivity contribution is 5.84. The molecule has 0 spiro atoms. The third-order valence-electron chi connectivity index (χ3n) is 3.13. The van der Waals surface area contributed by atoms with E-state index in [-0.39, 0.29) is 18.5 Å². The number of amides is 3. The monoisotopic (exact) mass is 275 g/mol. The molecule has 1 saturated carbocycles. The summed E-state index contributed by atoms with van der Waals surface area (Å²) < 4.78 is 0. The van der Waals surface area contributed by atoms with Crippen molar-refractivity contribution in [2.45, 2.75) is 31.7 Å². The van der Waals surface area contributed by atoms with Crippen molar-refractivity contribution in [2.24, 2.45) is 0 Å². The smallest absolute Gasteiger partial charge is 0.315 e. The minimum Gasteiger partial charge on any atom is -0.355 e. The normalized spacial score (nSPS) is 13.6. The Bertz CT molecular complexity index is 444. The minimum atomic E-state index is -0.257. The SMILES string of the molecule is O=C(CNC(=O)NC1CC1)NCCCc1ccccc1. The first-order valence-electron chi connectivity index (χ1n) is 7.09. The molecule has 0 bridgehead atoms. The van der Waals surface area contributed by atoms with E-state index in [1.54, 1.807) is 0 Å². The zero-order chi connectivity index (χ0) is 14.2. The van der Waals surface area contributed by atoms with E-state index in [1.165, 1.54) is 5.56 Å². The van der Waals surface area contributed by atoms with Gasteiger partial charge < -0.3 is 16.0 Å². The van der Waals surface area contributed by atoms with E-state index in [9.17, 15) is 9.59 Å². The van der Waals surface area contributed by atoms with Crippen LogP contribution in [0, 0.1) is 0 Å². The molecule has 0 aliphatic heterocycles. The van der Waals surface area contributed by atoms with Gasteiger partial charge in [-0.25, -0.2) is 4.79 Å². The number of nitrogens with one attached hydrogen (secondary N) is 3. The summed E-state index contributed by atoms with van der Waals surface area (Å²) in [6, 6.07) is 10.2. The molecule has 2 rings (SSSR count). The lowest BCUT2D eigenvalue weighted by molar-refractivity contribution is -0.120. The van der Waals surface area contributed by atoms with Gasteiger partial charge in [-0.05, 0) is 31.2 Å². The second-order valence-electron chi connectivity index (χ2n) is 5.04. The predicted octanol–water partition coefficient (Wildman–Crippen LogP) is 1.20. The van der Waals surface area contributed by atoms with Gasteiger partial charge >= 0.3 is 6.03 Å². The topological polar surface area (TPSA) is 70.2 Å². The van der Waals surface area contributed by atoms with Crippen molar-refractivity contribution in [1.82, 2.24) is 16.0 Å². The molecule has 3 N–H and O–H groups in total. The Labute approximate surface area is 119 Å². The van der Waals surface area contributed by atoms with Crippen molar-refractivity contribution in [3.05, 3.63) is 35.9 Å². The number of rotatable bonds is 7. The summed E-state index contributed by atoms with van der Waals surface area (Å²) in [5.41, 5.74) is 1.27. The number of carbonyl (C=O) groups is 2. The average molecular weight is 275 g/mol. The minimum absolute atomic E-state index is 0.0316. The highest BCUT2D eigenvalue weighted by atomic mass is 16.2. The van der Waals surface area contributed by atoms with Crippen molar-refractivity contribution in [1.29, 1.82) is 0 Å². The van der Waals surface area contributed by atoms with E-state index in [0.29, 0.717) is 12.6 Å². The maximum Gasteiger partial charge on any atom is 0.315 e. The summed E-state index contributed by atoms with van der Waals surface area (Å²) in [7, 11) is 0. The van der Waals surface area contributed by atoms with E-state index in [4.69, 9.17) is 0 Å². The Morgan fingerprint density at radius 1 is 1.10 bits per heavy atom. The zero-order valence-electron chi connectivity index (χ0n) is 11.5. The molecule has 1 aliphatic rings. The van der Waals surface area contributed by atoms with Gasteiger partial charge in [0.1, 0.15) is 0 Å². The molecule has 1 aromatic carbocycles. The number of aryl methyl sites for hydroxylation is 1. The standard InChI is InChI=1S/C15H21N3O2/c19-14(11-17-15(20)18-13-8-9-13)16-10-4-7-12-5-2-1-3-6-12/h1-3,5-6,13H,4,7-11H2,(H,16,19)(H2,17,18,20). The molecule has 1 aliphatic carbocycles. The van der Waals surface area contributed by atoms with Crippen molar-refractivity contribution >= 4 is 11.9 Å². The lowest BCUT2D eigenvalue weighted by atomic mass is 10.1. The lowest BCUT2D eigenvalue weighted by Gasteiger charge is -2.07. The van der Waals surface area contributed by atoms with Gasteiger partial charge in [-0.3, -0.25) is 4.79 Å². The Morgan fingerprint density at radius 3 is 2.55 bits per heavy atom. The predicted molar refractivity (Wildman–Crippen MR) is 77.3 cm³/mol. The van der Waals surface area contributed by atoms with Crippen LogP contribution in [0.15, 0.2) is 30.3 Å². The molecule has 0 atom stereocenters. The lowest BCUT2D eigenvalue weighted by Crippen LogP contribution is -2.42. The molecule has 108 valence electrons. The second-order valence-corrected chi connectivity index (χ2v) is 5.04. The van der Waals surface area contributed by atoms with Gasteiger partial charge in [0.15, 0.2) is 0 Å². The molecule has 1 fully saturated rings. The van der Waals surface area contributed by atoms with Crippen LogP contribution in [0.2, 0.25) is 0 Å². The van der Waals surface area contributed by atoms with Crippen molar-refractivity contribution in [2.75, 3.05) is 13.1 Å². The van der Waals surface area contributed by atoms with Crippen molar-refractivity contribution in [3.63, 3.8) is 0 Å². The van der Waals surface area contributed by atoms with Gasteiger partial charge in [-0.1, -0.05) is 30.3 Å². The summed E-state index contributed by atoms with van der Waals surface area (Å²) in [6.07, 6.45) is 3.92. The van der Waals surface area contributed by atoms with Gasteiger partial charge in [0.25, 0.3) is 0 Å². The quantitative estimate of drug-likeness (QED) is 0.654. The van der Waals surface area contributed by atoms with Crippen LogP contribution in [0.5, 0.6) is 0 Å². The number of benzene rings is 1. The number of urea groups is 1. The molecule has 0 heterocycles. The van der Waals surface area contributed by atoms with E-state index < -0.39 is 0 Å². The largest absolute Gasteiger partial charge is 0.355 e. The van der Waals surface area contributed by atoms with E-state index in [0.717, 1.165) is 25.7 Å². The summed E-state index contributed by atoms with van der Waals surface area (Å²) in [6.45, 7) is 0.656. The zero-order valence-corrected chi connectivity index (χ0v) is 11.5. The van der Waals surface area contributed by atoms with E-state index in [1.807, 2.05) is 18.2 Å². The molecular weight excluding hydrogens is 254 g/mol. The fourth-order valence-electron chi connectivity index (χ4n) is 1.85. The Balaban J connectivity index is 1.50. The molecule has 0 aromatic heterocycles. The molecular formula is C15H21N3O2. The van der Waals surface area contributed by atoms with Crippen molar-refractivity contribution < 1.29 is 9.59 Å². The van der Waals surface area contributed by atoms with Gasteiger partial charge in [-0.2, -0.15) is 0 Å². The van der Waals surface area contributed by atoms with Gasteiger partial charge in [0.05, 0.1) is 6.54 Å². The highest BCUT2D eigenvalue weighted by Gasteiger charge is 2.23. The summed E-state index contributed by atoms with van der Waals surface area (Å²) in [4.78, 5) is 22.8. The number of carbonyl (C=O) groups excluding carboxylic acids is 2. The summed E-state index contributed by atoms with van der Waals surface area (Å²) in [5, 5.41) is 8.11. The first-order chi connectivity index (χ1) is 9.74. The van der Waals surface area contributed by atoms with Crippen molar-refractivity contribution in [3.8, 4) is 0 Å². The molecule has 5 heteroatoms. The second kappa shape index (κ2) is 7.53. The summed E-state index contributed by atoms with van der Waals surface area (Å²) in [5.74, 6) is -0.149. The van der Waals surface area contributed by atoms with Gasteiger partial charge in [-0.15, -0.1) is 0 Å². The average Bonchev–Trinajstić information content (AvgIpc) is 3.26. The van der Waals surface area contributed by atoms with E-state index >= 15 is 0 Å². The number of hydrogen-bond acceptors (Lipinski definition) is 2. The van der Waals surface area contributed by atoms with Crippen LogP contribution in [0.1, 0.15) is 24.8 Å². The van der Waals surface area contributed by atoms with Crippen LogP contribution in [0.25, 0.3) is 0 Å². The van der Waals surface area contributed by atoms with Crippen LogP contribution >= 0.6 is 0 Å². The molecule has 0 radical (unpaired) electrons. The molecule has 0 unspecified atom stereocenters. The molecule has 1 aromatic rings. The Hall–Kier alpha value is -2.04. The maximum atomic E-state index is 11.5. The van der Waals surface area contributed by atoms with Crippen LogP contribution in [0.3, 0.4) is 0 Å². The number of hydrogen-bond donors (Lipinski definition) is 3. The molecule has 0 saturated heterocycles. The third-order valence-corrected chi connectivity index (χ3v) is 3.13. The Kier molecular flexibility index (Phi) is 5.41. The van der Waals surface area contributed by atoms with E-state index in [2.05, 4.69) is 28.1 Å². The van der Waals surface area contributed by atoms with Crippen LogP contribution in [-0.2, 0) is 11.2 Å². The fourth-order valence-corrected chi connectivity index (χ4v) is 1.85. The maximum absolute atomic E-state index is 11.5. The fraction of sp³-hybridized carbons (Fsp3) is 0.467. The van der Waals surface area contributed by atoms with Crippen LogP contribution in [-0.4, -0.2) is 31.1 Å². The molecule has 20 heavy (non-hydrogen) atoms.